The predicted octanol–water partition coefficient (Wildman–Crippen LogP) is 2.14. The fourth-order valence-electron chi connectivity index (χ4n) is 0.816. The second kappa shape index (κ2) is 3.19. The van der Waals surface area contributed by atoms with Gasteiger partial charge in [0.1, 0.15) is 4.60 Å². The zero-order valence-corrected chi connectivity index (χ0v) is 7.82. The molecule has 0 spiro atoms. The summed E-state index contributed by atoms with van der Waals surface area (Å²) in [6.07, 6.45) is 3.51. The summed E-state index contributed by atoms with van der Waals surface area (Å²) < 4.78 is 0.835. The maximum atomic E-state index is 4.02. The number of hydrogen-bond donors (Lipinski definition) is 1. The van der Waals surface area contributed by atoms with E-state index in [0.717, 1.165) is 15.5 Å². The molecule has 2 rings (SSSR count). The molecule has 3 nitrogen and oxygen atoms in total. The molecule has 0 saturated heterocycles. The third-order valence-electron chi connectivity index (χ3n) is 1.29. The summed E-state index contributed by atoms with van der Waals surface area (Å²) in [5.74, 6) is 0. The molecular weight excluding hydrogens is 229 g/mol. The van der Waals surface area contributed by atoms with E-state index in [-0.39, 0.29) is 12.4 Å². The van der Waals surface area contributed by atoms with E-state index >= 15 is 0 Å². The second-order valence-corrected chi connectivity index (χ2v) is 2.78. The first-order valence-corrected chi connectivity index (χ1v) is 3.60. The van der Waals surface area contributed by atoms with Gasteiger partial charge < -0.3 is 0 Å². The van der Waals surface area contributed by atoms with Crippen LogP contribution in [0, 0.1) is 0 Å². The molecule has 2 heterocycles. The van der Waals surface area contributed by atoms with Crippen LogP contribution in [0.25, 0.3) is 10.9 Å². The maximum Gasteiger partial charge on any atom is 0.106 e. The third-order valence-corrected chi connectivity index (χ3v) is 1.72. The predicted molar refractivity (Wildman–Crippen MR) is 48.8 cm³/mol. The van der Waals surface area contributed by atoms with Gasteiger partial charge in [0.2, 0.25) is 0 Å². The normalized spacial score (nSPS) is 9.55. The van der Waals surface area contributed by atoms with Crippen molar-refractivity contribution >= 4 is 39.2 Å². The highest BCUT2D eigenvalue weighted by molar-refractivity contribution is 9.10. The van der Waals surface area contributed by atoms with Crippen molar-refractivity contribution in [3.8, 4) is 0 Å². The molecule has 0 aliphatic heterocycles. The lowest BCUT2D eigenvalue weighted by molar-refractivity contribution is 1.11. The summed E-state index contributed by atoms with van der Waals surface area (Å²) >= 11 is 3.26. The van der Waals surface area contributed by atoms with Crippen molar-refractivity contribution in [1.82, 2.24) is 15.2 Å². The number of pyridine rings is 1. The van der Waals surface area contributed by atoms with Crippen molar-refractivity contribution in [2.24, 2.45) is 0 Å². The van der Waals surface area contributed by atoms with Gasteiger partial charge in [-0.05, 0) is 22.0 Å². The quantitative estimate of drug-likeness (QED) is 0.710. The zero-order chi connectivity index (χ0) is 6.97. The molecular formula is C6H5BrClN3. The topological polar surface area (TPSA) is 41.6 Å². The molecule has 0 aliphatic rings. The average Bonchev–Trinajstić information content (AvgIpc) is 2.33. The number of aromatic nitrogens is 3. The maximum absolute atomic E-state index is 4.02. The first-order valence-electron chi connectivity index (χ1n) is 2.81. The van der Waals surface area contributed by atoms with Crippen molar-refractivity contribution in [3.63, 3.8) is 0 Å². The van der Waals surface area contributed by atoms with Crippen molar-refractivity contribution < 1.29 is 0 Å². The Bertz CT molecular complexity index is 359. The Morgan fingerprint density at radius 1 is 1.36 bits per heavy atom. The summed E-state index contributed by atoms with van der Waals surface area (Å²) in [6.45, 7) is 0. The Labute approximate surface area is 77.8 Å². The molecule has 0 fully saturated rings. The molecule has 0 atom stereocenters. The van der Waals surface area contributed by atoms with E-state index in [4.69, 9.17) is 0 Å². The number of nitrogens with one attached hydrogen (secondary N) is 1. The Balaban J connectivity index is 0.000000605. The van der Waals surface area contributed by atoms with E-state index in [0.29, 0.717) is 0 Å². The van der Waals surface area contributed by atoms with Gasteiger partial charge in [0.15, 0.2) is 0 Å². The summed E-state index contributed by atoms with van der Waals surface area (Å²) in [7, 11) is 0. The van der Waals surface area contributed by atoms with Crippen molar-refractivity contribution in [2.45, 2.75) is 0 Å². The molecule has 0 aromatic carbocycles. The SMILES string of the molecule is Brc1cc2cn[nH]c2cn1.Cl. The van der Waals surface area contributed by atoms with E-state index in [9.17, 15) is 0 Å². The monoisotopic (exact) mass is 233 g/mol. The van der Waals surface area contributed by atoms with Crippen LogP contribution in [0.2, 0.25) is 0 Å². The number of H-pyrrole nitrogens is 1. The van der Waals surface area contributed by atoms with Crippen LogP contribution < -0.4 is 0 Å². The lowest BCUT2D eigenvalue weighted by atomic mass is 10.3. The summed E-state index contributed by atoms with van der Waals surface area (Å²) in [5.41, 5.74) is 0.961. The summed E-state index contributed by atoms with van der Waals surface area (Å²) in [5, 5.41) is 7.74. The Hall–Kier alpha value is -0.610. The van der Waals surface area contributed by atoms with E-state index in [2.05, 4.69) is 31.1 Å². The molecule has 0 bridgehead atoms. The standard InChI is InChI=1S/C6H4BrN3.ClH/c7-6-1-4-2-9-10-5(4)3-8-6;/h1-3H,(H,9,10);1H. The van der Waals surface area contributed by atoms with Crippen molar-refractivity contribution in [2.75, 3.05) is 0 Å². The fourth-order valence-corrected chi connectivity index (χ4v) is 1.16. The van der Waals surface area contributed by atoms with Crippen LogP contribution in [0.15, 0.2) is 23.1 Å². The van der Waals surface area contributed by atoms with Crippen LogP contribution in [0.4, 0.5) is 0 Å². The van der Waals surface area contributed by atoms with Crippen LogP contribution in [0.3, 0.4) is 0 Å². The molecule has 2 aromatic rings. The number of halogens is 2. The lowest BCUT2D eigenvalue weighted by Crippen LogP contribution is -1.73. The van der Waals surface area contributed by atoms with Gasteiger partial charge in [0, 0.05) is 5.39 Å². The van der Waals surface area contributed by atoms with Crippen LogP contribution in [0.1, 0.15) is 0 Å². The van der Waals surface area contributed by atoms with E-state index in [1.54, 1.807) is 12.4 Å². The Morgan fingerprint density at radius 3 is 3.00 bits per heavy atom. The summed E-state index contributed by atoms with van der Waals surface area (Å²) in [4.78, 5) is 4.02. The average molecular weight is 234 g/mol. The number of fused-ring (bicyclic) bond motifs is 1. The molecule has 5 heteroatoms. The van der Waals surface area contributed by atoms with Gasteiger partial charge in [-0.2, -0.15) is 5.10 Å². The van der Waals surface area contributed by atoms with Gasteiger partial charge in [0.05, 0.1) is 17.9 Å². The van der Waals surface area contributed by atoms with Gasteiger partial charge in [-0.25, -0.2) is 4.98 Å². The first-order chi connectivity index (χ1) is 4.86. The van der Waals surface area contributed by atoms with Crippen LogP contribution in [-0.2, 0) is 0 Å². The van der Waals surface area contributed by atoms with Gasteiger partial charge in [-0.15, -0.1) is 12.4 Å². The minimum atomic E-state index is 0. The van der Waals surface area contributed by atoms with E-state index < -0.39 is 0 Å². The minimum Gasteiger partial charge on any atom is -0.276 e. The lowest BCUT2D eigenvalue weighted by Gasteiger charge is -1.86. The van der Waals surface area contributed by atoms with Gasteiger partial charge in [-0.1, -0.05) is 0 Å². The zero-order valence-electron chi connectivity index (χ0n) is 5.41. The van der Waals surface area contributed by atoms with E-state index in [1.165, 1.54) is 0 Å². The molecule has 0 saturated carbocycles. The number of nitrogens with zero attached hydrogens (tertiary/aromatic N) is 2. The van der Waals surface area contributed by atoms with Crippen LogP contribution >= 0.6 is 28.3 Å². The van der Waals surface area contributed by atoms with Crippen LogP contribution in [-0.4, -0.2) is 15.2 Å². The third kappa shape index (κ3) is 1.52. The Morgan fingerprint density at radius 2 is 2.18 bits per heavy atom. The van der Waals surface area contributed by atoms with Crippen LogP contribution in [0.5, 0.6) is 0 Å². The van der Waals surface area contributed by atoms with Crippen molar-refractivity contribution in [1.29, 1.82) is 0 Å². The molecule has 0 unspecified atom stereocenters. The van der Waals surface area contributed by atoms with Gasteiger partial charge in [-0.3, -0.25) is 5.10 Å². The number of hydrogen-bond acceptors (Lipinski definition) is 2. The molecule has 58 valence electrons. The summed E-state index contributed by atoms with van der Waals surface area (Å²) in [6, 6.07) is 1.92. The first kappa shape index (κ1) is 8.49. The largest absolute Gasteiger partial charge is 0.276 e. The second-order valence-electron chi connectivity index (χ2n) is 1.96. The van der Waals surface area contributed by atoms with Gasteiger partial charge >= 0.3 is 0 Å². The highest BCUT2D eigenvalue weighted by atomic mass is 79.9. The fraction of sp³-hybridized carbons (Fsp3) is 0. The molecule has 2 aromatic heterocycles. The molecule has 11 heavy (non-hydrogen) atoms. The highest BCUT2D eigenvalue weighted by Crippen LogP contribution is 2.13. The molecule has 0 aliphatic carbocycles. The van der Waals surface area contributed by atoms with Gasteiger partial charge in [0.25, 0.3) is 0 Å². The Kier molecular flexibility index (Phi) is 2.46. The number of aromatic amines is 1. The van der Waals surface area contributed by atoms with E-state index in [1.807, 2.05) is 6.07 Å². The minimum absolute atomic E-state index is 0. The van der Waals surface area contributed by atoms with Crippen molar-refractivity contribution in [3.05, 3.63) is 23.1 Å². The molecule has 0 radical (unpaired) electrons. The highest BCUT2D eigenvalue weighted by Gasteiger charge is 1.94. The smallest absolute Gasteiger partial charge is 0.106 e. The molecule has 1 N–H and O–H groups in total. The number of rotatable bonds is 0. The molecule has 0 amide bonds.